The number of likely N-dealkylation sites (N-methyl/N-ethyl adjacent to an activating group) is 1. The van der Waals surface area contributed by atoms with Crippen LogP contribution in [0.3, 0.4) is 0 Å². The Kier molecular flexibility index (Phi) is 8.47. The van der Waals surface area contributed by atoms with Gasteiger partial charge in [0, 0.05) is 26.2 Å². The Balaban J connectivity index is 2.41. The molecule has 3 nitrogen and oxygen atoms in total. The highest BCUT2D eigenvalue weighted by atomic mass is 16.5. The van der Waals surface area contributed by atoms with Crippen molar-refractivity contribution < 1.29 is 4.74 Å². The lowest BCUT2D eigenvalue weighted by Gasteiger charge is -2.20. The lowest BCUT2D eigenvalue weighted by atomic mass is 10.1. The van der Waals surface area contributed by atoms with Crippen LogP contribution in [0, 0.1) is 0 Å². The minimum absolute atomic E-state index is 0.802. The van der Waals surface area contributed by atoms with Gasteiger partial charge in [0.05, 0.1) is 6.61 Å². The Hall–Kier alpha value is -0.900. The van der Waals surface area contributed by atoms with E-state index < -0.39 is 0 Å². The number of nitrogens with one attached hydrogen (secondary N) is 1. The first-order chi connectivity index (χ1) is 9.30. The summed E-state index contributed by atoms with van der Waals surface area (Å²) in [6.07, 6.45) is 0. The zero-order valence-corrected chi connectivity index (χ0v) is 12.6. The minimum Gasteiger partial charge on any atom is -0.380 e. The van der Waals surface area contributed by atoms with Crippen LogP contribution in [0.4, 0.5) is 0 Å². The number of hydrogen-bond donors (Lipinski definition) is 1. The van der Waals surface area contributed by atoms with Crippen LogP contribution in [-0.2, 0) is 17.8 Å². The van der Waals surface area contributed by atoms with Gasteiger partial charge in [0.2, 0.25) is 0 Å². The van der Waals surface area contributed by atoms with E-state index in [9.17, 15) is 0 Å². The Bertz CT molecular complexity index is 324. The van der Waals surface area contributed by atoms with Crippen molar-refractivity contribution in [3.63, 3.8) is 0 Å². The van der Waals surface area contributed by atoms with Crippen LogP contribution in [0.15, 0.2) is 24.3 Å². The van der Waals surface area contributed by atoms with Crippen molar-refractivity contribution in [1.82, 2.24) is 10.2 Å². The first-order valence-corrected chi connectivity index (χ1v) is 7.38. The molecular weight excluding hydrogens is 236 g/mol. The maximum Gasteiger partial charge on any atom is 0.0593 e. The summed E-state index contributed by atoms with van der Waals surface area (Å²) in [6.45, 7) is 13.0. The van der Waals surface area contributed by atoms with E-state index in [0.29, 0.717) is 0 Å². The molecule has 1 N–H and O–H groups in total. The monoisotopic (exact) mass is 264 g/mol. The van der Waals surface area contributed by atoms with Gasteiger partial charge in [-0.1, -0.05) is 38.1 Å². The van der Waals surface area contributed by atoms with E-state index in [2.05, 4.69) is 48.3 Å². The average molecular weight is 264 g/mol. The summed E-state index contributed by atoms with van der Waals surface area (Å²) in [5.74, 6) is 0. The molecule has 0 spiro atoms. The van der Waals surface area contributed by atoms with Crippen LogP contribution >= 0.6 is 0 Å². The number of ether oxygens (including phenoxy) is 1. The molecule has 0 bridgehead atoms. The molecule has 1 aromatic rings. The molecule has 0 atom stereocenters. The zero-order chi connectivity index (χ0) is 13.9. The largest absolute Gasteiger partial charge is 0.380 e. The van der Waals surface area contributed by atoms with E-state index in [-0.39, 0.29) is 0 Å². The molecule has 1 aromatic carbocycles. The predicted molar refractivity (Wildman–Crippen MR) is 81.3 cm³/mol. The van der Waals surface area contributed by atoms with E-state index in [1.807, 2.05) is 6.92 Å². The summed E-state index contributed by atoms with van der Waals surface area (Å²) >= 11 is 0. The number of benzene rings is 1. The molecule has 0 radical (unpaired) electrons. The van der Waals surface area contributed by atoms with Gasteiger partial charge in [-0.15, -0.1) is 0 Å². The second-order valence-corrected chi connectivity index (χ2v) is 4.66. The van der Waals surface area contributed by atoms with Crippen molar-refractivity contribution in [3.05, 3.63) is 35.4 Å². The molecule has 0 aliphatic rings. The maximum absolute atomic E-state index is 5.42. The average Bonchev–Trinajstić information content (AvgIpc) is 2.45. The topological polar surface area (TPSA) is 24.5 Å². The summed E-state index contributed by atoms with van der Waals surface area (Å²) in [5, 5.41) is 3.34. The van der Waals surface area contributed by atoms with Crippen LogP contribution in [0.5, 0.6) is 0 Å². The van der Waals surface area contributed by atoms with Gasteiger partial charge in [0.25, 0.3) is 0 Å². The van der Waals surface area contributed by atoms with Gasteiger partial charge in [-0.25, -0.2) is 0 Å². The molecule has 1 rings (SSSR count). The van der Waals surface area contributed by atoms with Crippen LogP contribution < -0.4 is 5.32 Å². The normalized spacial score (nSPS) is 11.2. The van der Waals surface area contributed by atoms with Crippen molar-refractivity contribution in [1.29, 1.82) is 0 Å². The van der Waals surface area contributed by atoms with Gasteiger partial charge in [-0.05, 0) is 31.1 Å². The maximum atomic E-state index is 5.42. The Morgan fingerprint density at radius 1 is 1.05 bits per heavy atom. The summed E-state index contributed by atoms with van der Waals surface area (Å²) in [4.78, 5) is 2.41. The fraction of sp³-hybridized carbons (Fsp3) is 0.625. The Morgan fingerprint density at radius 2 is 1.74 bits per heavy atom. The van der Waals surface area contributed by atoms with Gasteiger partial charge in [0.1, 0.15) is 0 Å². The smallest absolute Gasteiger partial charge is 0.0593 e. The lowest BCUT2D eigenvalue weighted by Crippen LogP contribution is -2.27. The Labute approximate surface area is 118 Å². The molecule has 0 aromatic heterocycles. The highest BCUT2D eigenvalue weighted by Crippen LogP contribution is 2.07. The fourth-order valence-corrected chi connectivity index (χ4v) is 1.98. The van der Waals surface area contributed by atoms with Crippen molar-refractivity contribution in [3.8, 4) is 0 Å². The summed E-state index contributed by atoms with van der Waals surface area (Å²) in [5.41, 5.74) is 2.72. The second-order valence-electron chi connectivity index (χ2n) is 4.66. The molecule has 19 heavy (non-hydrogen) atoms. The van der Waals surface area contributed by atoms with E-state index in [1.165, 1.54) is 11.1 Å². The standard InChI is InChI=1S/C16H28N2O/c1-4-17-13-15-7-9-16(10-8-15)14-18(5-2)11-12-19-6-3/h7-10,17H,4-6,11-14H2,1-3H3. The highest BCUT2D eigenvalue weighted by molar-refractivity contribution is 5.22. The molecule has 0 amide bonds. The van der Waals surface area contributed by atoms with Gasteiger partial charge in [-0.2, -0.15) is 0 Å². The summed E-state index contributed by atoms with van der Waals surface area (Å²) in [7, 11) is 0. The summed E-state index contributed by atoms with van der Waals surface area (Å²) in [6, 6.07) is 8.90. The third-order valence-electron chi connectivity index (χ3n) is 3.21. The van der Waals surface area contributed by atoms with Crippen LogP contribution in [0.2, 0.25) is 0 Å². The molecule has 0 heterocycles. The number of hydrogen-bond acceptors (Lipinski definition) is 3. The van der Waals surface area contributed by atoms with Crippen molar-refractivity contribution in [2.45, 2.75) is 33.9 Å². The third kappa shape index (κ3) is 6.71. The quantitative estimate of drug-likeness (QED) is 0.658. The first-order valence-electron chi connectivity index (χ1n) is 7.38. The number of rotatable bonds is 10. The van der Waals surface area contributed by atoms with Gasteiger partial charge in [-0.3, -0.25) is 4.90 Å². The van der Waals surface area contributed by atoms with E-state index in [1.54, 1.807) is 0 Å². The summed E-state index contributed by atoms with van der Waals surface area (Å²) < 4.78 is 5.42. The molecule has 0 aliphatic heterocycles. The Morgan fingerprint density at radius 3 is 2.32 bits per heavy atom. The molecule has 0 fully saturated rings. The van der Waals surface area contributed by atoms with Gasteiger partial charge in [0.15, 0.2) is 0 Å². The van der Waals surface area contributed by atoms with Crippen LogP contribution in [0.25, 0.3) is 0 Å². The molecule has 3 heteroatoms. The molecule has 108 valence electrons. The van der Waals surface area contributed by atoms with Crippen molar-refractivity contribution in [2.24, 2.45) is 0 Å². The van der Waals surface area contributed by atoms with Crippen molar-refractivity contribution >= 4 is 0 Å². The van der Waals surface area contributed by atoms with Crippen LogP contribution in [-0.4, -0.2) is 37.7 Å². The van der Waals surface area contributed by atoms with Crippen molar-refractivity contribution in [2.75, 3.05) is 32.8 Å². The number of nitrogens with zero attached hydrogens (tertiary/aromatic N) is 1. The van der Waals surface area contributed by atoms with Gasteiger partial charge < -0.3 is 10.1 Å². The minimum atomic E-state index is 0.802. The fourth-order valence-electron chi connectivity index (χ4n) is 1.98. The highest BCUT2D eigenvalue weighted by Gasteiger charge is 2.03. The van der Waals surface area contributed by atoms with Crippen LogP contribution in [0.1, 0.15) is 31.9 Å². The molecule has 0 saturated heterocycles. The van der Waals surface area contributed by atoms with E-state index >= 15 is 0 Å². The molecular formula is C16H28N2O. The first kappa shape index (κ1) is 16.2. The SMILES string of the molecule is CCNCc1ccc(CN(CC)CCOCC)cc1. The van der Waals surface area contributed by atoms with E-state index in [0.717, 1.165) is 45.9 Å². The predicted octanol–water partition coefficient (Wildman–Crippen LogP) is 2.65. The van der Waals surface area contributed by atoms with E-state index in [4.69, 9.17) is 4.74 Å². The third-order valence-corrected chi connectivity index (χ3v) is 3.21. The molecule has 0 aliphatic carbocycles. The molecule has 0 unspecified atom stereocenters. The molecule has 0 saturated carbocycles. The lowest BCUT2D eigenvalue weighted by molar-refractivity contribution is 0.113. The second kappa shape index (κ2) is 9.96. The zero-order valence-electron chi connectivity index (χ0n) is 12.6. The van der Waals surface area contributed by atoms with Gasteiger partial charge >= 0.3 is 0 Å².